The van der Waals surface area contributed by atoms with Crippen molar-refractivity contribution in [2.45, 2.75) is 51.1 Å². The molecule has 3 aromatic carbocycles. The van der Waals surface area contributed by atoms with Gasteiger partial charge in [-0.05, 0) is 47.7 Å². The van der Waals surface area contributed by atoms with Crippen LogP contribution >= 0.6 is 0 Å². The second-order valence-corrected chi connectivity index (χ2v) is 8.62. The molecule has 0 spiro atoms. The predicted molar refractivity (Wildman–Crippen MR) is 131 cm³/mol. The molecule has 1 amide bonds. The third-order valence-electron chi connectivity index (χ3n) is 5.74. The van der Waals surface area contributed by atoms with Crippen LogP contribution in [0, 0.1) is 0 Å². The summed E-state index contributed by atoms with van der Waals surface area (Å²) in [5, 5.41) is 16.9. The van der Waals surface area contributed by atoms with Crippen molar-refractivity contribution >= 4 is 5.91 Å². The summed E-state index contributed by atoms with van der Waals surface area (Å²) in [5.41, 5.74) is 2.30. The molecule has 0 aliphatic rings. The third kappa shape index (κ3) is 8.23. The van der Waals surface area contributed by atoms with E-state index >= 15 is 0 Å². The molecule has 0 unspecified atom stereocenters. The van der Waals surface area contributed by atoms with E-state index in [0.717, 1.165) is 36.1 Å². The van der Waals surface area contributed by atoms with Crippen LogP contribution in [0.5, 0.6) is 0 Å². The van der Waals surface area contributed by atoms with Gasteiger partial charge in [-0.1, -0.05) is 74.0 Å². The summed E-state index contributed by atoms with van der Waals surface area (Å²) in [6, 6.07) is 21.4. The van der Waals surface area contributed by atoms with Crippen LogP contribution in [0.4, 0.5) is 13.2 Å². The van der Waals surface area contributed by atoms with E-state index in [1.807, 2.05) is 48.5 Å². The van der Waals surface area contributed by atoms with Crippen molar-refractivity contribution in [3.05, 3.63) is 107 Å². The first-order valence-electron chi connectivity index (χ1n) is 11.7. The van der Waals surface area contributed by atoms with Gasteiger partial charge in [0.2, 0.25) is 0 Å². The highest BCUT2D eigenvalue weighted by Crippen LogP contribution is 2.29. The van der Waals surface area contributed by atoms with Crippen LogP contribution < -0.4 is 10.6 Å². The summed E-state index contributed by atoms with van der Waals surface area (Å²) in [7, 11) is 0. The molecule has 0 saturated heterocycles. The van der Waals surface area contributed by atoms with Crippen molar-refractivity contribution in [1.82, 2.24) is 10.6 Å². The number of hydrogen-bond donors (Lipinski definition) is 3. The van der Waals surface area contributed by atoms with E-state index in [-0.39, 0.29) is 19.0 Å². The lowest BCUT2D eigenvalue weighted by Crippen LogP contribution is -2.48. The molecule has 2 atom stereocenters. The number of aliphatic hydroxyl groups is 1. The van der Waals surface area contributed by atoms with E-state index in [0.29, 0.717) is 17.5 Å². The SMILES string of the molecule is CCCc1cccc(C(=O)N[C@@H](Cc2ccccc2)[C@H](O)CNCc2cccc(C(F)(F)F)c2)c1. The first-order chi connectivity index (χ1) is 16.8. The summed E-state index contributed by atoms with van der Waals surface area (Å²) < 4.78 is 38.9. The topological polar surface area (TPSA) is 61.4 Å². The molecule has 7 heteroatoms. The molecule has 3 N–H and O–H groups in total. The number of carbonyl (C=O) groups is 1. The normalized spacial score (nSPS) is 13.3. The largest absolute Gasteiger partial charge is 0.416 e. The number of hydrogen-bond acceptors (Lipinski definition) is 3. The fourth-order valence-electron chi connectivity index (χ4n) is 3.92. The predicted octanol–water partition coefficient (Wildman–Crippen LogP) is 5.15. The van der Waals surface area contributed by atoms with Crippen LogP contribution in [0.3, 0.4) is 0 Å². The maximum Gasteiger partial charge on any atom is 0.416 e. The molecule has 0 heterocycles. The number of halogens is 3. The summed E-state index contributed by atoms with van der Waals surface area (Å²) >= 11 is 0. The van der Waals surface area contributed by atoms with Crippen molar-refractivity contribution in [2.75, 3.05) is 6.54 Å². The molecule has 0 bridgehead atoms. The Kier molecular flexibility index (Phi) is 9.46. The van der Waals surface area contributed by atoms with Crippen molar-refractivity contribution in [2.24, 2.45) is 0 Å². The van der Waals surface area contributed by atoms with Gasteiger partial charge in [0, 0.05) is 18.7 Å². The summed E-state index contributed by atoms with van der Waals surface area (Å²) in [6.07, 6.45) is -3.11. The lowest BCUT2D eigenvalue weighted by molar-refractivity contribution is -0.137. The van der Waals surface area contributed by atoms with E-state index in [1.165, 1.54) is 6.07 Å². The Labute approximate surface area is 204 Å². The van der Waals surface area contributed by atoms with Gasteiger partial charge in [-0.3, -0.25) is 4.79 Å². The minimum Gasteiger partial charge on any atom is -0.390 e. The molecular formula is C28H31F3N2O2. The van der Waals surface area contributed by atoms with E-state index in [4.69, 9.17) is 0 Å². The Bertz CT molecular complexity index is 1090. The lowest BCUT2D eigenvalue weighted by atomic mass is 10.00. The fraction of sp³-hybridized carbons (Fsp3) is 0.321. The van der Waals surface area contributed by atoms with Crippen molar-refractivity contribution < 1.29 is 23.1 Å². The van der Waals surface area contributed by atoms with Gasteiger partial charge < -0.3 is 15.7 Å². The minimum atomic E-state index is -4.41. The average Bonchev–Trinajstić information content (AvgIpc) is 2.84. The van der Waals surface area contributed by atoms with Gasteiger partial charge in [-0.25, -0.2) is 0 Å². The van der Waals surface area contributed by atoms with Crippen LogP contribution in [-0.2, 0) is 25.6 Å². The Balaban J connectivity index is 1.67. The van der Waals surface area contributed by atoms with E-state index in [2.05, 4.69) is 17.6 Å². The zero-order valence-corrected chi connectivity index (χ0v) is 19.7. The Hall–Kier alpha value is -3.16. The number of amides is 1. The van der Waals surface area contributed by atoms with Crippen LogP contribution in [0.15, 0.2) is 78.9 Å². The number of rotatable bonds is 11. The molecule has 0 aromatic heterocycles. The first kappa shape index (κ1) is 26.4. The molecule has 4 nitrogen and oxygen atoms in total. The van der Waals surface area contributed by atoms with Crippen LogP contribution in [0.2, 0.25) is 0 Å². The Morgan fingerprint density at radius 3 is 2.31 bits per heavy atom. The number of nitrogens with one attached hydrogen (secondary N) is 2. The molecule has 186 valence electrons. The van der Waals surface area contributed by atoms with Crippen molar-refractivity contribution in [1.29, 1.82) is 0 Å². The molecule has 3 aromatic rings. The van der Waals surface area contributed by atoms with Gasteiger partial charge >= 0.3 is 6.18 Å². The quantitative estimate of drug-likeness (QED) is 0.353. The standard InChI is InChI=1S/C28H31F3N2O2/c1-2-8-20-11-6-13-23(15-20)27(35)33-25(17-21-9-4-3-5-10-21)26(34)19-32-18-22-12-7-14-24(16-22)28(29,30)31/h3-7,9-16,25-26,32,34H,2,8,17-19H2,1H3,(H,33,35)/t25-,26+/m0/s1. The highest BCUT2D eigenvalue weighted by atomic mass is 19.4. The molecule has 0 saturated carbocycles. The molecule has 0 aliphatic carbocycles. The highest BCUT2D eigenvalue weighted by molar-refractivity contribution is 5.94. The van der Waals surface area contributed by atoms with E-state index in [9.17, 15) is 23.1 Å². The van der Waals surface area contributed by atoms with Gasteiger partial charge in [0.05, 0.1) is 17.7 Å². The smallest absolute Gasteiger partial charge is 0.390 e. The van der Waals surface area contributed by atoms with Crippen molar-refractivity contribution in [3.8, 4) is 0 Å². The van der Waals surface area contributed by atoms with Gasteiger partial charge in [0.1, 0.15) is 0 Å². The van der Waals surface area contributed by atoms with Crippen LogP contribution in [0.25, 0.3) is 0 Å². The van der Waals surface area contributed by atoms with E-state index in [1.54, 1.807) is 12.1 Å². The lowest BCUT2D eigenvalue weighted by Gasteiger charge is -2.25. The minimum absolute atomic E-state index is 0.101. The maximum atomic E-state index is 13.0. The van der Waals surface area contributed by atoms with Gasteiger partial charge in [-0.15, -0.1) is 0 Å². The fourth-order valence-corrected chi connectivity index (χ4v) is 3.92. The maximum absolute atomic E-state index is 13.0. The molecule has 35 heavy (non-hydrogen) atoms. The second kappa shape index (κ2) is 12.5. The Morgan fingerprint density at radius 2 is 1.60 bits per heavy atom. The van der Waals surface area contributed by atoms with Gasteiger partial charge in [0.25, 0.3) is 5.91 Å². The third-order valence-corrected chi connectivity index (χ3v) is 5.74. The number of alkyl halides is 3. The zero-order valence-electron chi connectivity index (χ0n) is 19.7. The number of aliphatic hydroxyl groups excluding tert-OH is 1. The zero-order chi connectivity index (χ0) is 25.3. The molecule has 0 aliphatic heterocycles. The van der Waals surface area contributed by atoms with Crippen molar-refractivity contribution in [3.63, 3.8) is 0 Å². The van der Waals surface area contributed by atoms with Crippen LogP contribution in [0.1, 0.15) is 46.0 Å². The van der Waals surface area contributed by atoms with Crippen LogP contribution in [-0.4, -0.2) is 29.7 Å². The summed E-state index contributed by atoms with van der Waals surface area (Å²) in [5.74, 6) is -0.277. The average molecular weight is 485 g/mol. The summed E-state index contributed by atoms with van der Waals surface area (Å²) in [4.78, 5) is 13.0. The second-order valence-electron chi connectivity index (χ2n) is 8.62. The first-order valence-corrected chi connectivity index (χ1v) is 11.7. The Morgan fingerprint density at radius 1 is 0.914 bits per heavy atom. The molecular weight excluding hydrogens is 453 g/mol. The number of carbonyl (C=O) groups excluding carboxylic acids is 1. The van der Waals surface area contributed by atoms with Gasteiger partial charge in [-0.2, -0.15) is 13.2 Å². The monoisotopic (exact) mass is 484 g/mol. The number of aryl methyl sites for hydroxylation is 1. The molecule has 0 fully saturated rings. The van der Waals surface area contributed by atoms with Gasteiger partial charge in [0.15, 0.2) is 0 Å². The molecule has 3 rings (SSSR count). The highest BCUT2D eigenvalue weighted by Gasteiger charge is 2.30. The number of benzene rings is 3. The molecule has 0 radical (unpaired) electrons. The summed E-state index contributed by atoms with van der Waals surface area (Å²) in [6.45, 7) is 2.33. The van der Waals surface area contributed by atoms with E-state index < -0.39 is 23.9 Å².